The van der Waals surface area contributed by atoms with E-state index in [0.717, 1.165) is 28.7 Å². The highest BCUT2D eigenvalue weighted by Crippen LogP contribution is 2.26. The van der Waals surface area contributed by atoms with Crippen molar-refractivity contribution >= 4 is 16.8 Å². The second-order valence-corrected chi connectivity index (χ2v) is 6.93. The van der Waals surface area contributed by atoms with Crippen molar-refractivity contribution in [2.75, 3.05) is 13.1 Å². The molecule has 7 heteroatoms. The molecule has 1 fully saturated rings. The third-order valence-electron chi connectivity index (χ3n) is 5.20. The summed E-state index contributed by atoms with van der Waals surface area (Å²) in [6, 6.07) is 9.90. The molecule has 134 valence electrons. The maximum absolute atomic E-state index is 13.0. The molecule has 1 amide bonds. The normalized spacial score (nSPS) is 20.0. The molecule has 7 nitrogen and oxygen atoms in total. The van der Waals surface area contributed by atoms with Crippen LogP contribution in [0.4, 0.5) is 0 Å². The molecular weight excluding hydrogens is 328 g/mol. The van der Waals surface area contributed by atoms with Crippen molar-refractivity contribution in [2.45, 2.75) is 26.3 Å². The molecule has 0 spiro atoms. The van der Waals surface area contributed by atoms with Gasteiger partial charge in [0.2, 0.25) is 0 Å². The largest absolute Gasteiger partial charge is 0.334 e. The Morgan fingerprint density at radius 2 is 2.15 bits per heavy atom. The number of pyridine rings is 1. The number of benzene rings is 1. The third kappa shape index (κ3) is 2.64. The van der Waals surface area contributed by atoms with E-state index in [2.05, 4.69) is 22.2 Å². The van der Waals surface area contributed by atoms with Crippen molar-refractivity contribution < 1.29 is 4.79 Å². The van der Waals surface area contributed by atoms with Crippen molar-refractivity contribution in [3.05, 3.63) is 47.9 Å². The van der Waals surface area contributed by atoms with Gasteiger partial charge >= 0.3 is 0 Å². The molecular formula is C19H22N6O. The Balaban J connectivity index is 1.72. The summed E-state index contributed by atoms with van der Waals surface area (Å²) >= 11 is 0. The number of hydrogen-bond acceptors (Lipinski definition) is 5. The lowest BCUT2D eigenvalue weighted by Crippen LogP contribution is -2.35. The second kappa shape index (κ2) is 6.49. The molecule has 3 aromatic rings. The predicted octanol–water partition coefficient (Wildman–Crippen LogP) is 1.93. The molecule has 2 atom stereocenters. The van der Waals surface area contributed by atoms with E-state index in [1.165, 1.54) is 0 Å². The Labute approximate surface area is 151 Å². The summed E-state index contributed by atoms with van der Waals surface area (Å²) in [5.41, 5.74) is 8.66. The van der Waals surface area contributed by atoms with Gasteiger partial charge in [0.25, 0.3) is 5.91 Å². The van der Waals surface area contributed by atoms with Gasteiger partial charge in [0.05, 0.1) is 16.9 Å². The topological polar surface area (TPSA) is 89.9 Å². The monoisotopic (exact) mass is 350 g/mol. The Bertz CT molecular complexity index is 960. The summed E-state index contributed by atoms with van der Waals surface area (Å²) in [7, 11) is 0. The van der Waals surface area contributed by atoms with E-state index in [4.69, 9.17) is 5.73 Å². The van der Waals surface area contributed by atoms with Gasteiger partial charge in [-0.2, -0.15) is 0 Å². The Kier molecular flexibility index (Phi) is 4.16. The number of likely N-dealkylation sites (tertiary alicyclic amines) is 1. The average Bonchev–Trinajstić information content (AvgIpc) is 3.23. The fourth-order valence-corrected chi connectivity index (χ4v) is 3.76. The van der Waals surface area contributed by atoms with Gasteiger partial charge in [-0.3, -0.25) is 9.78 Å². The molecule has 0 aliphatic carbocycles. The first kappa shape index (κ1) is 16.7. The van der Waals surface area contributed by atoms with Gasteiger partial charge in [0, 0.05) is 24.2 Å². The Hall–Kier alpha value is -2.80. The zero-order valence-electron chi connectivity index (χ0n) is 15.0. The van der Waals surface area contributed by atoms with Crippen molar-refractivity contribution in [3.63, 3.8) is 0 Å². The number of carbonyl (C=O) groups excluding carboxylic acids is 1. The van der Waals surface area contributed by atoms with Crippen molar-refractivity contribution in [1.82, 2.24) is 24.9 Å². The van der Waals surface area contributed by atoms with Crippen LogP contribution in [0.2, 0.25) is 0 Å². The van der Waals surface area contributed by atoms with Crippen LogP contribution in [0.3, 0.4) is 0 Å². The van der Waals surface area contributed by atoms with Crippen molar-refractivity contribution in [3.8, 4) is 5.69 Å². The van der Waals surface area contributed by atoms with Crippen LogP contribution >= 0.6 is 0 Å². The van der Waals surface area contributed by atoms with Gasteiger partial charge < -0.3 is 10.6 Å². The maximum atomic E-state index is 13.0. The fraction of sp³-hybridized carbons (Fsp3) is 0.368. The van der Waals surface area contributed by atoms with Gasteiger partial charge in [-0.05, 0) is 57.0 Å². The summed E-state index contributed by atoms with van der Waals surface area (Å²) in [5.74, 6) is 0.281. The Morgan fingerprint density at radius 3 is 2.92 bits per heavy atom. The highest BCUT2D eigenvalue weighted by molar-refractivity contribution is 5.94. The van der Waals surface area contributed by atoms with E-state index in [-0.39, 0.29) is 11.9 Å². The number of nitrogens with zero attached hydrogens (tertiary/aromatic N) is 5. The van der Waals surface area contributed by atoms with E-state index in [1.807, 2.05) is 42.2 Å². The minimum Gasteiger partial charge on any atom is -0.334 e. The van der Waals surface area contributed by atoms with Crippen LogP contribution < -0.4 is 5.73 Å². The minimum atomic E-state index is -0.0736. The van der Waals surface area contributed by atoms with Crippen LogP contribution in [0.15, 0.2) is 36.5 Å². The smallest absolute Gasteiger partial charge is 0.276 e. The molecule has 1 aromatic carbocycles. The summed E-state index contributed by atoms with van der Waals surface area (Å²) < 4.78 is 1.72. The van der Waals surface area contributed by atoms with E-state index in [9.17, 15) is 4.79 Å². The Morgan fingerprint density at radius 1 is 1.31 bits per heavy atom. The fourth-order valence-electron chi connectivity index (χ4n) is 3.76. The lowest BCUT2D eigenvalue weighted by molar-refractivity contribution is 0.0736. The van der Waals surface area contributed by atoms with Gasteiger partial charge in [-0.25, -0.2) is 4.68 Å². The van der Waals surface area contributed by atoms with Gasteiger partial charge in [0.1, 0.15) is 0 Å². The molecule has 0 bridgehead atoms. The molecule has 2 aromatic heterocycles. The summed E-state index contributed by atoms with van der Waals surface area (Å²) in [6.45, 7) is 5.22. The number of carbonyl (C=O) groups is 1. The second-order valence-electron chi connectivity index (χ2n) is 6.93. The first-order valence-electron chi connectivity index (χ1n) is 8.87. The molecule has 0 radical (unpaired) electrons. The van der Waals surface area contributed by atoms with E-state index < -0.39 is 0 Å². The van der Waals surface area contributed by atoms with Crippen molar-refractivity contribution in [1.29, 1.82) is 0 Å². The molecule has 3 heterocycles. The lowest BCUT2D eigenvalue weighted by Gasteiger charge is -2.20. The van der Waals surface area contributed by atoms with Crippen LogP contribution in [-0.2, 0) is 0 Å². The first-order valence-corrected chi connectivity index (χ1v) is 8.87. The molecule has 1 saturated heterocycles. The van der Waals surface area contributed by atoms with Crippen LogP contribution in [0.5, 0.6) is 0 Å². The molecule has 1 aliphatic heterocycles. The quantitative estimate of drug-likeness (QED) is 0.779. The summed E-state index contributed by atoms with van der Waals surface area (Å²) in [4.78, 5) is 19.3. The molecule has 26 heavy (non-hydrogen) atoms. The van der Waals surface area contributed by atoms with E-state index >= 15 is 0 Å². The summed E-state index contributed by atoms with van der Waals surface area (Å²) in [6.07, 6.45) is 2.70. The van der Waals surface area contributed by atoms with Crippen LogP contribution in [0, 0.1) is 12.8 Å². The van der Waals surface area contributed by atoms with Gasteiger partial charge in [0.15, 0.2) is 5.69 Å². The SMILES string of the molecule is Cc1c(C(=O)N2CC(CN)CC2C)nnn1-c1cccc2ncccc12. The predicted molar refractivity (Wildman–Crippen MR) is 99.1 cm³/mol. The third-order valence-corrected chi connectivity index (χ3v) is 5.20. The first-order chi connectivity index (χ1) is 12.6. The number of nitrogens with two attached hydrogens (primary N) is 1. The highest BCUT2D eigenvalue weighted by Gasteiger charge is 2.34. The van der Waals surface area contributed by atoms with Gasteiger partial charge in [-0.15, -0.1) is 5.10 Å². The number of hydrogen-bond donors (Lipinski definition) is 1. The molecule has 2 N–H and O–H groups in total. The van der Waals surface area contributed by atoms with E-state index in [1.54, 1.807) is 10.9 Å². The zero-order valence-corrected chi connectivity index (χ0v) is 15.0. The van der Waals surface area contributed by atoms with Crippen LogP contribution in [0.25, 0.3) is 16.6 Å². The van der Waals surface area contributed by atoms with Gasteiger partial charge in [-0.1, -0.05) is 11.3 Å². The zero-order chi connectivity index (χ0) is 18.3. The number of aromatic nitrogens is 4. The average molecular weight is 350 g/mol. The number of fused-ring (bicyclic) bond motifs is 1. The lowest BCUT2D eigenvalue weighted by atomic mass is 10.1. The molecule has 2 unspecified atom stereocenters. The van der Waals surface area contributed by atoms with Crippen LogP contribution in [0.1, 0.15) is 29.5 Å². The standard InChI is InChI=1S/C19H22N6O/c1-12-9-14(10-20)11-24(12)19(26)18-13(2)25(23-22-18)17-7-3-6-16-15(17)5-4-8-21-16/h3-8,12,14H,9-11,20H2,1-2H3. The number of rotatable bonds is 3. The van der Waals surface area contributed by atoms with Crippen LogP contribution in [-0.4, -0.2) is 49.9 Å². The molecule has 1 aliphatic rings. The summed E-state index contributed by atoms with van der Waals surface area (Å²) in [5, 5.41) is 9.43. The minimum absolute atomic E-state index is 0.0736. The molecule has 4 rings (SSSR count). The highest BCUT2D eigenvalue weighted by atomic mass is 16.2. The van der Waals surface area contributed by atoms with Crippen molar-refractivity contribution in [2.24, 2.45) is 11.7 Å². The maximum Gasteiger partial charge on any atom is 0.276 e. The van der Waals surface area contributed by atoms with E-state index in [0.29, 0.717) is 24.7 Å². The number of amides is 1. The molecule has 0 saturated carbocycles.